The highest BCUT2D eigenvalue weighted by Crippen LogP contribution is 2.25. The van der Waals surface area contributed by atoms with Crippen LogP contribution >= 0.6 is 0 Å². The lowest BCUT2D eigenvalue weighted by Gasteiger charge is -2.07. The van der Waals surface area contributed by atoms with Gasteiger partial charge in [0.15, 0.2) is 0 Å². The van der Waals surface area contributed by atoms with Crippen molar-refractivity contribution in [2.45, 2.75) is 0 Å². The van der Waals surface area contributed by atoms with E-state index in [1.165, 1.54) is 6.21 Å². The minimum atomic E-state index is -0.523. The van der Waals surface area contributed by atoms with Crippen LogP contribution in [0, 0.1) is 0 Å². The van der Waals surface area contributed by atoms with Crippen LogP contribution in [0.5, 0.6) is 11.5 Å². The summed E-state index contributed by atoms with van der Waals surface area (Å²) >= 11 is 0. The topological polar surface area (TPSA) is 88.0 Å². The molecule has 0 unspecified atom stereocenters. The van der Waals surface area contributed by atoms with E-state index in [0.717, 1.165) is 21.5 Å². The van der Waals surface area contributed by atoms with Crippen LogP contribution in [0.3, 0.4) is 0 Å². The fourth-order valence-corrected chi connectivity index (χ4v) is 3.82. The molecule has 0 atom stereocenters. The molecule has 0 saturated carbocycles. The Morgan fingerprint density at radius 3 is 2.17 bits per heavy atom. The van der Waals surface area contributed by atoms with Gasteiger partial charge in [0.1, 0.15) is 11.5 Å². The number of carbonyl (C=O) groups excluding carboxylic acids is 2. The molecule has 5 rings (SSSR count). The molecule has 0 heterocycles. The summed E-state index contributed by atoms with van der Waals surface area (Å²) < 4.78 is 5.53. The fraction of sp³-hybridized carbons (Fsp3) is 0. The van der Waals surface area contributed by atoms with E-state index in [0.29, 0.717) is 16.9 Å². The second-order valence-electron chi connectivity index (χ2n) is 7.90. The largest absolute Gasteiger partial charge is 0.507 e. The van der Waals surface area contributed by atoms with Gasteiger partial charge in [-0.15, -0.1) is 0 Å². The molecule has 2 N–H and O–H groups in total. The minimum absolute atomic E-state index is 0.117. The van der Waals surface area contributed by atoms with E-state index in [1.54, 1.807) is 42.5 Å². The minimum Gasteiger partial charge on any atom is -0.507 e. The zero-order chi connectivity index (χ0) is 24.2. The number of phenols is 1. The van der Waals surface area contributed by atoms with Gasteiger partial charge in [-0.3, -0.25) is 4.79 Å². The summed E-state index contributed by atoms with van der Waals surface area (Å²) in [5.41, 5.74) is 3.75. The summed E-state index contributed by atoms with van der Waals surface area (Å²) in [6.07, 6.45) is 1.46. The van der Waals surface area contributed by atoms with Crippen molar-refractivity contribution in [3.8, 4) is 11.5 Å². The zero-order valence-corrected chi connectivity index (χ0v) is 18.5. The molecular formula is C29H20N2O4. The SMILES string of the molecule is O=C(NN=Cc1ccc(OC(=O)c2cccc3ccccc23)cc1)c1cc2ccccc2cc1O. The number of carbonyl (C=O) groups is 2. The van der Waals surface area contributed by atoms with Gasteiger partial charge in [-0.2, -0.15) is 5.10 Å². The molecule has 35 heavy (non-hydrogen) atoms. The molecule has 0 aliphatic carbocycles. The Balaban J connectivity index is 1.24. The zero-order valence-electron chi connectivity index (χ0n) is 18.5. The van der Waals surface area contributed by atoms with Gasteiger partial charge in [0.2, 0.25) is 0 Å². The van der Waals surface area contributed by atoms with Crippen molar-refractivity contribution in [2.24, 2.45) is 5.10 Å². The van der Waals surface area contributed by atoms with Crippen molar-refractivity contribution in [3.63, 3.8) is 0 Å². The van der Waals surface area contributed by atoms with E-state index in [2.05, 4.69) is 10.5 Å². The highest BCUT2D eigenvalue weighted by Gasteiger charge is 2.13. The number of fused-ring (bicyclic) bond motifs is 2. The molecule has 0 saturated heterocycles. The van der Waals surface area contributed by atoms with Gasteiger partial charge in [0.05, 0.1) is 17.3 Å². The number of amides is 1. The first-order valence-electron chi connectivity index (χ1n) is 10.9. The van der Waals surface area contributed by atoms with Crippen molar-refractivity contribution in [1.82, 2.24) is 5.43 Å². The third kappa shape index (κ3) is 4.72. The van der Waals surface area contributed by atoms with Crippen LogP contribution in [0.2, 0.25) is 0 Å². The van der Waals surface area contributed by atoms with Crippen LogP contribution in [0.15, 0.2) is 108 Å². The van der Waals surface area contributed by atoms with Crippen molar-refractivity contribution in [2.75, 3.05) is 0 Å². The molecule has 0 radical (unpaired) electrons. The first-order valence-corrected chi connectivity index (χ1v) is 10.9. The number of hydrogen-bond acceptors (Lipinski definition) is 5. The van der Waals surface area contributed by atoms with Gasteiger partial charge in [0.25, 0.3) is 5.91 Å². The smallest absolute Gasteiger partial charge is 0.344 e. The molecule has 5 aromatic rings. The molecule has 0 bridgehead atoms. The van der Waals surface area contributed by atoms with Crippen molar-refractivity contribution in [3.05, 3.63) is 120 Å². The lowest BCUT2D eigenvalue weighted by atomic mass is 10.0. The third-order valence-corrected chi connectivity index (χ3v) is 5.59. The van der Waals surface area contributed by atoms with Crippen LogP contribution < -0.4 is 10.2 Å². The highest BCUT2D eigenvalue weighted by molar-refractivity contribution is 6.05. The number of aromatic hydroxyl groups is 1. The number of hydrazone groups is 1. The molecule has 170 valence electrons. The summed E-state index contributed by atoms with van der Waals surface area (Å²) in [6.45, 7) is 0. The first kappa shape index (κ1) is 21.9. The highest BCUT2D eigenvalue weighted by atomic mass is 16.5. The third-order valence-electron chi connectivity index (χ3n) is 5.59. The Labute approximate surface area is 201 Å². The van der Waals surface area contributed by atoms with E-state index < -0.39 is 11.9 Å². The Bertz CT molecular complexity index is 1590. The number of nitrogens with one attached hydrogen (secondary N) is 1. The number of hydrogen-bond donors (Lipinski definition) is 2. The summed E-state index contributed by atoms with van der Waals surface area (Å²) in [6, 6.07) is 30.5. The number of rotatable bonds is 5. The lowest BCUT2D eigenvalue weighted by Crippen LogP contribution is -2.17. The monoisotopic (exact) mass is 460 g/mol. The molecule has 0 fully saturated rings. The maximum Gasteiger partial charge on any atom is 0.344 e. The summed E-state index contributed by atoms with van der Waals surface area (Å²) in [4.78, 5) is 25.1. The maximum absolute atomic E-state index is 12.7. The average molecular weight is 460 g/mol. The van der Waals surface area contributed by atoms with E-state index in [4.69, 9.17) is 4.74 Å². The molecule has 0 spiro atoms. The Morgan fingerprint density at radius 2 is 1.40 bits per heavy atom. The molecule has 6 heteroatoms. The Kier molecular flexibility index (Phi) is 5.92. The molecule has 0 aliphatic heterocycles. The van der Waals surface area contributed by atoms with Crippen LogP contribution in [0.1, 0.15) is 26.3 Å². The van der Waals surface area contributed by atoms with Gasteiger partial charge in [-0.05, 0) is 69.6 Å². The van der Waals surface area contributed by atoms with Crippen molar-refractivity contribution >= 4 is 39.6 Å². The maximum atomic E-state index is 12.7. The van der Waals surface area contributed by atoms with Crippen LogP contribution in [-0.2, 0) is 0 Å². The van der Waals surface area contributed by atoms with E-state index >= 15 is 0 Å². The van der Waals surface area contributed by atoms with Crippen LogP contribution in [0.25, 0.3) is 21.5 Å². The molecule has 0 aliphatic rings. The standard InChI is InChI=1S/C29H20N2O4/c32-27-17-22-8-2-1-7-21(22)16-26(27)28(33)31-30-18-19-12-14-23(15-13-19)35-29(34)25-11-5-9-20-6-3-4-10-24(20)25/h1-18,32H,(H,31,33). The van der Waals surface area contributed by atoms with Gasteiger partial charge in [-0.1, -0.05) is 60.7 Å². The van der Waals surface area contributed by atoms with Crippen LogP contribution in [0.4, 0.5) is 0 Å². The molecule has 5 aromatic carbocycles. The van der Waals surface area contributed by atoms with Gasteiger partial charge in [0, 0.05) is 0 Å². The van der Waals surface area contributed by atoms with Crippen molar-refractivity contribution < 1.29 is 19.4 Å². The second-order valence-corrected chi connectivity index (χ2v) is 7.90. The van der Waals surface area contributed by atoms with E-state index in [1.807, 2.05) is 60.7 Å². The molecule has 6 nitrogen and oxygen atoms in total. The quantitative estimate of drug-likeness (QED) is 0.153. The number of benzene rings is 5. The predicted octanol–water partition coefficient (Wildman–Crippen LogP) is 5.68. The molecular weight excluding hydrogens is 440 g/mol. The first-order chi connectivity index (χ1) is 17.1. The normalized spacial score (nSPS) is 11.1. The Morgan fingerprint density at radius 1 is 0.743 bits per heavy atom. The number of ether oxygens (including phenoxy) is 1. The summed E-state index contributed by atoms with van der Waals surface area (Å²) in [5.74, 6) is -0.685. The van der Waals surface area contributed by atoms with E-state index in [-0.39, 0.29) is 11.3 Å². The number of nitrogens with zero attached hydrogens (tertiary/aromatic N) is 1. The van der Waals surface area contributed by atoms with Gasteiger partial charge < -0.3 is 9.84 Å². The van der Waals surface area contributed by atoms with Gasteiger partial charge >= 0.3 is 5.97 Å². The van der Waals surface area contributed by atoms with Crippen LogP contribution in [-0.4, -0.2) is 23.2 Å². The summed E-state index contributed by atoms with van der Waals surface area (Å²) in [5, 5.41) is 17.6. The molecule has 0 aromatic heterocycles. The fourth-order valence-electron chi connectivity index (χ4n) is 3.82. The van der Waals surface area contributed by atoms with Crippen molar-refractivity contribution in [1.29, 1.82) is 0 Å². The summed E-state index contributed by atoms with van der Waals surface area (Å²) in [7, 11) is 0. The lowest BCUT2D eigenvalue weighted by molar-refractivity contribution is 0.0736. The van der Waals surface area contributed by atoms with Gasteiger partial charge in [-0.25, -0.2) is 10.2 Å². The van der Waals surface area contributed by atoms with E-state index in [9.17, 15) is 14.7 Å². The second kappa shape index (κ2) is 9.49. The average Bonchev–Trinajstić information content (AvgIpc) is 2.88. The molecule has 1 amide bonds. The number of phenolic OH excluding ortho intramolecular Hbond substituents is 1. The Hall–Kier alpha value is -4.97. The number of esters is 1. The predicted molar refractivity (Wildman–Crippen MR) is 136 cm³/mol.